The Morgan fingerprint density at radius 1 is 1.19 bits per heavy atom. The van der Waals surface area contributed by atoms with Crippen LogP contribution >= 0.6 is 0 Å². The van der Waals surface area contributed by atoms with Crippen molar-refractivity contribution in [3.63, 3.8) is 0 Å². The Hall–Kier alpha value is -1.08. The van der Waals surface area contributed by atoms with Gasteiger partial charge in [-0.3, -0.25) is 0 Å². The number of aliphatic hydroxyl groups is 1. The van der Waals surface area contributed by atoms with Gasteiger partial charge >= 0.3 is 0 Å². The minimum absolute atomic E-state index is 0.00330. The van der Waals surface area contributed by atoms with Crippen LogP contribution in [0.5, 0.6) is 0 Å². The molecule has 0 saturated heterocycles. The van der Waals surface area contributed by atoms with E-state index >= 15 is 0 Å². The van der Waals surface area contributed by atoms with E-state index in [0.29, 0.717) is 6.04 Å². The first-order valence-electron chi connectivity index (χ1n) is 7.88. The highest BCUT2D eigenvalue weighted by atomic mass is 28.3. The van der Waals surface area contributed by atoms with E-state index in [1.807, 2.05) is 18.2 Å². The molecule has 2 atom stereocenters. The molecule has 0 heterocycles. The number of nitrogens with one attached hydrogen (secondary N) is 1. The molecule has 0 aromatic heterocycles. The molecular weight excluding hydrogens is 274 g/mol. The zero-order chi connectivity index (χ0) is 15.7. The molecule has 0 aliphatic heterocycles. The van der Waals surface area contributed by atoms with Crippen LogP contribution in [0.25, 0.3) is 0 Å². The lowest BCUT2D eigenvalue weighted by Crippen LogP contribution is -2.34. The number of hydrogen-bond donors (Lipinski definition) is 2. The SMILES string of the molecule is CCC[C@H](CC#C[Si](C)(C)C)N[C@H](CO)c1ccccc1. The van der Waals surface area contributed by atoms with Crippen molar-refractivity contribution in [3.8, 4) is 11.5 Å². The normalized spacial score (nSPS) is 14.1. The third kappa shape index (κ3) is 7.47. The van der Waals surface area contributed by atoms with E-state index in [-0.39, 0.29) is 12.6 Å². The van der Waals surface area contributed by atoms with Gasteiger partial charge in [0.2, 0.25) is 0 Å². The second-order valence-corrected chi connectivity index (χ2v) is 11.3. The van der Waals surface area contributed by atoms with Crippen molar-refractivity contribution in [1.82, 2.24) is 5.32 Å². The van der Waals surface area contributed by atoms with E-state index in [1.54, 1.807) is 0 Å². The van der Waals surface area contributed by atoms with Gasteiger partial charge in [0.25, 0.3) is 0 Å². The predicted molar refractivity (Wildman–Crippen MR) is 93.8 cm³/mol. The van der Waals surface area contributed by atoms with Gasteiger partial charge in [0.05, 0.1) is 12.6 Å². The molecule has 0 aliphatic rings. The number of benzene rings is 1. The molecular formula is C18H29NOSi. The average Bonchev–Trinajstić information content (AvgIpc) is 2.44. The first-order chi connectivity index (χ1) is 9.96. The molecule has 116 valence electrons. The van der Waals surface area contributed by atoms with Gasteiger partial charge in [-0.25, -0.2) is 0 Å². The summed E-state index contributed by atoms with van der Waals surface area (Å²) in [7, 11) is -1.30. The Balaban J connectivity index is 2.69. The van der Waals surface area contributed by atoms with Crippen LogP contribution in [-0.2, 0) is 0 Å². The van der Waals surface area contributed by atoms with Gasteiger partial charge in [-0.15, -0.1) is 11.5 Å². The first kappa shape index (κ1) is 18.0. The maximum Gasteiger partial charge on any atom is 0.129 e. The van der Waals surface area contributed by atoms with Gasteiger partial charge in [0, 0.05) is 12.5 Å². The standard InChI is InChI=1S/C18H29NOSi/c1-5-10-17(13-9-14-21(2,3)4)19-18(15-20)16-11-7-6-8-12-16/h6-8,11-12,17-20H,5,10,13,15H2,1-4H3/t17-,18-/m1/s1. The summed E-state index contributed by atoms with van der Waals surface area (Å²) in [5.74, 6) is 3.36. The van der Waals surface area contributed by atoms with Gasteiger partial charge < -0.3 is 10.4 Å². The van der Waals surface area contributed by atoms with Gasteiger partial charge in [-0.1, -0.05) is 63.3 Å². The monoisotopic (exact) mass is 303 g/mol. The maximum atomic E-state index is 9.66. The van der Waals surface area contributed by atoms with Crippen LogP contribution in [0.1, 0.15) is 37.8 Å². The zero-order valence-corrected chi connectivity index (χ0v) is 14.8. The highest BCUT2D eigenvalue weighted by Crippen LogP contribution is 2.15. The molecule has 2 nitrogen and oxygen atoms in total. The molecule has 3 heteroatoms. The van der Waals surface area contributed by atoms with E-state index < -0.39 is 8.07 Å². The topological polar surface area (TPSA) is 32.3 Å². The highest BCUT2D eigenvalue weighted by Gasteiger charge is 2.15. The van der Waals surface area contributed by atoms with Crippen LogP contribution in [0.15, 0.2) is 30.3 Å². The van der Waals surface area contributed by atoms with Crippen LogP contribution in [0, 0.1) is 11.5 Å². The van der Waals surface area contributed by atoms with E-state index in [2.05, 4.69) is 55.5 Å². The Morgan fingerprint density at radius 3 is 2.38 bits per heavy atom. The van der Waals surface area contributed by atoms with E-state index in [1.165, 1.54) is 0 Å². The lowest BCUT2D eigenvalue weighted by Gasteiger charge is -2.23. The van der Waals surface area contributed by atoms with E-state index in [4.69, 9.17) is 0 Å². The predicted octanol–water partition coefficient (Wildman–Crippen LogP) is 3.75. The lowest BCUT2D eigenvalue weighted by atomic mass is 10.0. The maximum absolute atomic E-state index is 9.66. The van der Waals surface area contributed by atoms with Crippen molar-refractivity contribution in [2.24, 2.45) is 0 Å². The second kappa shape index (κ2) is 9.04. The molecule has 1 aromatic rings. The Bertz CT molecular complexity index is 456. The largest absolute Gasteiger partial charge is 0.394 e. The molecule has 0 spiro atoms. The van der Waals surface area contributed by atoms with Gasteiger partial charge in [0.1, 0.15) is 8.07 Å². The average molecular weight is 304 g/mol. The van der Waals surface area contributed by atoms with Crippen LogP contribution in [0.2, 0.25) is 19.6 Å². The molecule has 0 unspecified atom stereocenters. The molecule has 1 aromatic carbocycles. The van der Waals surface area contributed by atoms with Crippen molar-refractivity contribution in [2.75, 3.05) is 6.61 Å². The Morgan fingerprint density at radius 2 is 1.86 bits per heavy atom. The van der Waals surface area contributed by atoms with Gasteiger partial charge in [0.15, 0.2) is 0 Å². The summed E-state index contributed by atoms with van der Waals surface area (Å²) < 4.78 is 0. The number of hydrogen-bond acceptors (Lipinski definition) is 2. The van der Waals surface area contributed by atoms with Crippen molar-refractivity contribution in [1.29, 1.82) is 0 Å². The fourth-order valence-electron chi connectivity index (χ4n) is 2.26. The molecule has 0 bridgehead atoms. The van der Waals surface area contributed by atoms with E-state index in [9.17, 15) is 5.11 Å². The second-order valence-electron chi connectivity index (χ2n) is 6.55. The summed E-state index contributed by atoms with van der Waals surface area (Å²) in [6, 6.07) is 10.5. The minimum Gasteiger partial charge on any atom is -0.394 e. The molecule has 2 N–H and O–H groups in total. The van der Waals surface area contributed by atoms with Crippen molar-refractivity contribution >= 4 is 8.07 Å². The Kier molecular flexibility index (Phi) is 7.74. The highest BCUT2D eigenvalue weighted by molar-refractivity contribution is 6.83. The van der Waals surface area contributed by atoms with Crippen LogP contribution in [-0.4, -0.2) is 25.8 Å². The smallest absolute Gasteiger partial charge is 0.129 e. The summed E-state index contributed by atoms with van der Waals surface area (Å²) in [4.78, 5) is 0. The third-order valence-electron chi connectivity index (χ3n) is 3.27. The molecule has 0 amide bonds. The van der Waals surface area contributed by atoms with Gasteiger partial charge in [-0.05, 0) is 12.0 Å². The first-order valence-corrected chi connectivity index (χ1v) is 11.4. The number of rotatable bonds is 7. The molecule has 0 radical (unpaired) electrons. The van der Waals surface area contributed by atoms with Crippen molar-refractivity contribution < 1.29 is 5.11 Å². The van der Waals surface area contributed by atoms with Crippen LogP contribution in [0.3, 0.4) is 0 Å². The molecule has 0 aliphatic carbocycles. The zero-order valence-electron chi connectivity index (χ0n) is 13.8. The quantitative estimate of drug-likeness (QED) is 0.594. The van der Waals surface area contributed by atoms with Crippen molar-refractivity contribution in [2.45, 2.75) is 57.9 Å². The number of aliphatic hydroxyl groups excluding tert-OH is 1. The van der Waals surface area contributed by atoms with Crippen LogP contribution in [0.4, 0.5) is 0 Å². The molecule has 0 fully saturated rings. The Labute approximate surface area is 131 Å². The minimum atomic E-state index is -1.30. The summed E-state index contributed by atoms with van der Waals surface area (Å²) >= 11 is 0. The fourth-order valence-corrected chi connectivity index (χ4v) is 2.89. The van der Waals surface area contributed by atoms with Crippen LogP contribution < -0.4 is 5.32 Å². The summed E-state index contributed by atoms with van der Waals surface area (Å²) in [5.41, 5.74) is 4.57. The fraction of sp³-hybridized carbons (Fsp3) is 0.556. The third-order valence-corrected chi connectivity index (χ3v) is 4.20. The van der Waals surface area contributed by atoms with E-state index in [0.717, 1.165) is 24.8 Å². The molecule has 1 rings (SSSR count). The molecule has 21 heavy (non-hydrogen) atoms. The summed E-state index contributed by atoms with van der Waals surface area (Å²) in [6.07, 6.45) is 3.07. The van der Waals surface area contributed by atoms with Gasteiger partial charge in [-0.2, -0.15) is 0 Å². The summed E-state index contributed by atoms with van der Waals surface area (Å²) in [5, 5.41) is 13.2. The molecule has 0 saturated carbocycles. The van der Waals surface area contributed by atoms with Crippen molar-refractivity contribution in [3.05, 3.63) is 35.9 Å². The summed E-state index contributed by atoms with van der Waals surface area (Å²) in [6.45, 7) is 9.11. The lowest BCUT2D eigenvalue weighted by molar-refractivity contribution is 0.230.